The van der Waals surface area contributed by atoms with Crippen LogP contribution in [-0.2, 0) is 16.1 Å². The quantitative estimate of drug-likeness (QED) is 0.298. The first kappa shape index (κ1) is 29.9. The Morgan fingerprint density at radius 1 is 1.00 bits per heavy atom. The van der Waals surface area contributed by atoms with E-state index in [0.29, 0.717) is 71.3 Å². The molecule has 12 nitrogen and oxygen atoms in total. The maximum absolute atomic E-state index is 14.9. The molecule has 6 aromatic rings. The van der Waals surface area contributed by atoms with Crippen molar-refractivity contribution < 1.29 is 18.3 Å². The highest BCUT2D eigenvalue weighted by molar-refractivity contribution is 5.93. The number of nitrogens with zero attached hydrogens (tertiary/aromatic N) is 9. The van der Waals surface area contributed by atoms with Crippen LogP contribution in [0, 0.1) is 18.6 Å². The van der Waals surface area contributed by atoms with Gasteiger partial charge >= 0.3 is 0 Å². The molecule has 48 heavy (non-hydrogen) atoms. The maximum Gasteiger partial charge on any atom is 0.245 e. The number of carbonyl (C=O) groups is 1. The van der Waals surface area contributed by atoms with Gasteiger partial charge in [-0.1, -0.05) is 18.2 Å². The lowest BCUT2D eigenvalue weighted by molar-refractivity contribution is -0.132. The summed E-state index contributed by atoms with van der Waals surface area (Å²) in [6.45, 7) is 2.96. The van der Waals surface area contributed by atoms with E-state index in [1.165, 1.54) is 29.2 Å². The summed E-state index contributed by atoms with van der Waals surface area (Å²) in [6, 6.07) is 14.0. The van der Waals surface area contributed by atoms with E-state index in [4.69, 9.17) is 9.72 Å². The van der Waals surface area contributed by atoms with Crippen molar-refractivity contribution in [1.29, 1.82) is 0 Å². The topological polar surface area (TPSA) is 119 Å². The van der Waals surface area contributed by atoms with E-state index >= 15 is 0 Å². The number of halogens is 2. The number of hydrogen-bond acceptors (Lipinski definition) is 9. The molecular formula is C34H32F2N10O2. The lowest BCUT2D eigenvalue weighted by Crippen LogP contribution is -2.47. The summed E-state index contributed by atoms with van der Waals surface area (Å²) in [5.41, 5.74) is 3.16. The molecule has 4 bridgehead atoms. The predicted molar refractivity (Wildman–Crippen MR) is 176 cm³/mol. The Morgan fingerprint density at radius 3 is 2.69 bits per heavy atom. The molecule has 6 heterocycles. The highest BCUT2D eigenvalue weighted by Gasteiger charge is 2.41. The number of hydrogen-bond donors (Lipinski definition) is 1. The first-order chi connectivity index (χ1) is 23.3. The SMILES string of the molecule is CO[C@@H]1CN(C)C(=O)[C@@H]2C[C@@H](CN2c2ncnc3c2cnn3-c2ccccc2F)Nc2cccc(n2)-c2cc(F)cc3nc(C)n(c23)C1. The third-order valence-corrected chi connectivity index (χ3v) is 9.23. The van der Waals surface area contributed by atoms with Crippen LogP contribution >= 0.6 is 0 Å². The highest BCUT2D eigenvalue weighted by Crippen LogP contribution is 2.34. The van der Waals surface area contributed by atoms with Gasteiger partial charge in [-0.3, -0.25) is 4.79 Å². The molecule has 4 aromatic heterocycles. The van der Waals surface area contributed by atoms with Crippen LogP contribution in [0.15, 0.2) is 67.1 Å². The summed E-state index contributed by atoms with van der Waals surface area (Å²) in [7, 11) is 3.38. The average Bonchev–Trinajstić information content (AvgIpc) is 3.78. The minimum Gasteiger partial charge on any atom is -0.378 e. The summed E-state index contributed by atoms with van der Waals surface area (Å²) in [4.78, 5) is 36.6. The number of fused-ring (bicyclic) bond motifs is 6. The smallest absolute Gasteiger partial charge is 0.245 e. The van der Waals surface area contributed by atoms with Crippen LogP contribution in [0.25, 0.3) is 39.0 Å². The molecule has 0 saturated carbocycles. The van der Waals surface area contributed by atoms with Crippen LogP contribution < -0.4 is 10.2 Å². The third-order valence-electron chi connectivity index (χ3n) is 9.23. The van der Waals surface area contributed by atoms with E-state index in [-0.39, 0.29) is 17.6 Å². The van der Waals surface area contributed by atoms with Crippen molar-refractivity contribution >= 4 is 39.6 Å². The highest BCUT2D eigenvalue weighted by atomic mass is 19.1. The molecule has 0 spiro atoms. The summed E-state index contributed by atoms with van der Waals surface area (Å²) < 4.78 is 39.1. The summed E-state index contributed by atoms with van der Waals surface area (Å²) in [6.07, 6.45) is 3.07. The molecule has 0 aliphatic carbocycles. The number of ether oxygens (including phenoxy) is 1. The second-order valence-corrected chi connectivity index (χ2v) is 12.3. The number of methoxy groups -OCH3 is 1. The number of anilines is 2. The summed E-state index contributed by atoms with van der Waals surface area (Å²) in [5, 5.41) is 8.56. The van der Waals surface area contributed by atoms with Crippen molar-refractivity contribution in [1.82, 2.24) is 39.2 Å². The van der Waals surface area contributed by atoms with Crippen LogP contribution in [-0.4, -0.2) is 90.5 Å². The van der Waals surface area contributed by atoms with E-state index in [2.05, 4.69) is 25.4 Å². The molecule has 2 aliphatic rings. The van der Waals surface area contributed by atoms with E-state index in [1.807, 2.05) is 34.6 Å². The molecule has 14 heteroatoms. The molecule has 2 aliphatic heterocycles. The van der Waals surface area contributed by atoms with Crippen molar-refractivity contribution in [2.24, 2.45) is 0 Å². The average molecular weight is 651 g/mol. The number of rotatable bonds is 3. The first-order valence-corrected chi connectivity index (χ1v) is 15.7. The molecule has 1 N–H and O–H groups in total. The standard InChI is InChI=1S/C34H32F2N10O2/c1-19-40-27-12-20(35)11-23-26-8-6-10-30(42-26)41-21-13-29(34(47)43(2)16-22(48-3)17-44(19)31(23)27)45(15-21)32-24-14-39-46(33(24)38-18-37-32)28-9-5-4-7-25(28)36/h4-12,14,18,21-22,29H,13,15-17H2,1-3H3,(H,41,42)/t21-,22+,29-/m0/s1. The molecule has 8 rings (SSSR count). The number of para-hydroxylation sites is 1. The number of amides is 1. The zero-order valence-electron chi connectivity index (χ0n) is 26.5. The van der Waals surface area contributed by atoms with Crippen molar-refractivity contribution in [2.45, 2.75) is 38.1 Å². The van der Waals surface area contributed by atoms with Crippen LogP contribution in [0.5, 0.6) is 0 Å². The zero-order valence-corrected chi connectivity index (χ0v) is 26.5. The molecule has 1 amide bonds. The Hall–Kier alpha value is -5.50. The van der Waals surface area contributed by atoms with Gasteiger partial charge in [0.25, 0.3) is 0 Å². The van der Waals surface area contributed by atoms with Gasteiger partial charge in [0.2, 0.25) is 5.91 Å². The number of carbonyl (C=O) groups excluding carboxylic acids is 1. The molecule has 244 valence electrons. The van der Waals surface area contributed by atoms with Gasteiger partial charge in [-0.25, -0.2) is 33.4 Å². The molecule has 3 atom stereocenters. The Morgan fingerprint density at radius 2 is 1.85 bits per heavy atom. The van der Waals surface area contributed by atoms with Gasteiger partial charge in [0, 0.05) is 44.9 Å². The number of aromatic nitrogens is 7. The first-order valence-electron chi connectivity index (χ1n) is 15.7. The Bertz CT molecular complexity index is 2200. The van der Waals surface area contributed by atoms with Crippen molar-refractivity contribution in [3.8, 4) is 16.9 Å². The fraction of sp³-hybridized carbons (Fsp3) is 0.294. The number of pyridine rings is 1. The fourth-order valence-electron chi connectivity index (χ4n) is 6.97. The van der Waals surface area contributed by atoms with Crippen LogP contribution in [0.2, 0.25) is 0 Å². The number of benzene rings is 2. The molecule has 0 radical (unpaired) electrons. The van der Waals surface area contributed by atoms with Crippen LogP contribution in [0.4, 0.5) is 20.4 Å². The minimum absolute atomic E-state index is 0.110. The van der Waals surface area contributed by atoms with Gasteiger partial charge in [-0.15, -0.1) is 0 Å². The van der Waals surface area contributed by atoms with Crippen LogP contribution in [0.1, 0.15) is 12.2 Å². The third kappa shape index (κ3) is 4.99. The zero-order chi connectivity index (χ0) is 33.1. The molecule has 2 aromatic carbocycles. The van der Waals surface area contributed by atoms with Gasteiger partial charge in [0.1, 0.15) is 47.2 Å². The molecule has 1 fully saturated rings. The van der Waals surface area contributed by atoms with Crippen molar-refractivity contribution in [3.05, 3.63) is 84.6 Å². The molecular weight excluding hydrogens is 618 g/mol. The van der Waals surface area contributed by atoms with E-state index < -0.39 is 23.8 Å². The van der Waals surface area contributed by atoms with E-state index in [9.17, 15) is 13.6 Å². The predicted octanol–water partition coefficient (Wildman–Crippen LogP) is 4.36. The Labute approximate surface area is 274 Å². The lowest BCUT2D eigenvalue weighted by Gasteiger charge is -2.30. The normalized spacial score (nSPS) is 19.9. The number of imidazole rings is 1. The Kier molecular flexibility index (Phi) is 7.24. The van der Waals surface area contributed by atoms with Gasteiger partial charge in [0.15, 0.2) is 5.65 Å². The fourth-order valence-corrected chi connectivity index (χ4v) is 6.97. The van der Waals surface area contributed by atoms with Crippen molar-refractivity contribution in [3.63, 3.8) is 0 Å². The second-order valence-electron chi connectivity index (χ2n) is 12.3. The number of nitrogens with one attached hydrogen (secondary N) is 1. The molecule has 0 unspecified atom stereocenters. The van der Waals surface area contributed by atoms with Crippen LogP contribution in [0.3, 0.4) is 0 Å². The second kappa shape index (κ2) is 11.6. The number of aryl methyl sites for hydroxylation is 1. The number of likely N-dealkylation sites (N-methyl/N-ethyl adjacent to an activating group) is 1. The monoisotopic (exact) mass is 650 g/mol. The maximum atomic E-state index is 14.9. The summed E-state index contributed by atoms with van der Waals surface area (Å²) in [5.74, 6) is 0.851. The van der Waals surface area contributed by atoms with Gasteiger partial charge in [-0.05, 0) is 43.7 Å². The lowest BCUT2D eigenvalue weighted by atomic mass is 10.1. The van der Waals surface area contributed by atoms with Gasteiger partial charge < -0.3 is 24.4 Å². The van der Waals surface area contributed by atoms with Crippen molar-refractivity contribution in [2.75, 3.05) is 37.5 Å². The van der Waals surface area contributed by atoms with E-state index in [0.717, 1.165) is 5.52 Å². The van der Waals surface area contributed by atoms with E-state index in [1.54, 1.807) is 43.5 Å². The largest absolute Gasteiger partial charge is 0.378 e. The van der Waals surface area contributed by atoms with Gasteiger partial charge in [0.05, 0.1) is 41.0 Å². The minimum atomic E-state index is -0.596. The van der Waals surface area contributed by atoms with Gasteiger partial charge in [-0.2, -0.15) is 5.10 Å². The molecule has 1 saturated heterocycles. The summed E-state index contributed by atoms with van der Waals surface area (Å²) >= 11 is 0. The Balaban J connectivity index is 1.23.